The molecule has 1 aromatic rings. The Kier molecular flexibility index (Phi) is 7.25. The van der Waals surface area contributed by atoms with E-state index < -0.39 is 12.1 Å². The van der Waals surface area contributed by atoms with E-state index in [2.05, 4.69) is 17.2 Å². The van der Waals surface area contributed by atoms with Crippen LogP contribution >= 0.6 is 11.8 Å². The number of benzene rings is 1. The summed E-state index contributed by atoms with van der Waals surface area (Å²) in [5, 5.41) is 3.46. The third-order valence-electron chi connectivity index (χ3n) is 5.14. The second kappa shape index (κ2) is 9.88. The van der Waals surface area contributed by atoms with Crippen molar-refractivity contribution in [2.75, 3.05) is 31.7 Å². The highest BCUT2D eigenvalue weighted by molar-refractivity contribution is 8.14. The Morgan fingerprint density at radius 2 is 1.87 bits per heavy atom. The summed E-state index contributed by atoms with van der Waals surface area (Å²) in [6.45, 7) is 2.80. The predicted octanol–water partition coefficient (Wildman–Crippen LogP) is 2.61. The number of aliphatic imine (C=N–C) groups is 1. The number of nitrogens with zero attached hydrogens (tertiary/aromatic N) is 4. The third-order valence-corrected chi connectivity index (χ3v) is 6.13. The Balaban J connectivity index is 1.75. The number of hydrogen-bond acceptors (Lipinski definition) is 5. The summed E-state index contributed by atoms with van der Waals surface area (Å²) in [6, 6.07) is 8.26. The zero-order chi connectivity index (χ0) is 21.7. The van der Waals surface area contributed by atoms with Gasteiger partial charge in [0.15, 0.2) is 0 Å². The second-order valence-corrected chi connectivity index (χ2v) is 8.29. The van der Waals surface area contributed by atoms with E-state index in [0.29, 0.717) is 17.5 Å². The fourth-order valence-corrected chi connectivity index (χ4v) is 4.33. The number of imide groups is 1. The van der Waals surface area contributed by atoms with Gasteiger partial charge in [-0.1, -0.05) is 38.0 Å². The van der Waals surface area contributed by atoms with Gasteiger partial charge in [0.1, 0.15) is 0 Å². The molecule has 0 bridgehead atoms. The molecule has 8 nitrogen and oxygen atoms in total. The molecule has 1 saturated heterocycles. The molecule has 1 fully saturated rings. The Labute approximate surface area is 181 Å². The van der Waals surface area contributed by atoms with Crippen LogP contribution in [0.25, 0.3) is 0 Å². The molecular formula is C21H28N5O3S+. The molecule has 4 amide bonds. The number of rotatable bonds is 8. The molecule has 2 heterocycles. The summed E-state index contributed by atoms with van der Waals surface area (Å²) >= 11 is 1.29. The van der Waals surface area contributed by atoms with Crippen LogP contribution in [-0.4, -0.2) is 75.7 Å². The molecule has 0 aliphatic carbocycles. The second-order valence-electron chi connectivity index (χ2n) is 7.35. The van der Waals surface area contributed by atoms with Crippen LogP contribution in [0.5, 0.6) is 0 Å². The number of likely N-dealkylation sites (N-methyl/N-ethyl adjacent to an activating group) is 2. The van der Waals surface area contributed by atoms with Gasteiger partial charge >= 0.3 is 11.2 Å². The normalized spacial score (nSPS) is 18.6. The van der Waals surface area contributed by atoms with Crippen LogP contribution < -0.4 is 5.32 Å². The number of carbonyl (C=O) groups excluding carboxylic acids is 3. The lowest BCUT2D eigenvalue weighted by Gasteiger charge is -2.30. The molecule has 3 rings (SSSR count). The van der Waals surface area contributed by atoms with Crippen molar-refractivity contribution in [3.8, 4) is 0 Å². The van der Waals surface area contributed by atoms with Gasteiger partial charge in [-0.2, -0.15) is 0 Å². The van der Waals surface area contributed by atoms with E-state index in [-0.39, 0.29) is 17.6 Å². The fraction of sp³-hybridized carbons (Fsp3) is 0.476. The summed E-state index contributed by atoms with van der Waals surface area (Å²) in [5.41, 5.74) is 0.734. The van der Waals surface area contributed by atoms with Crippen LogP contribution in [0.2, 0.25) is 0 Å². The molecule has 0 radical (unpaired) electrons. The first-order valence-electron chi connectivity index (χ1n) is 10.2. The van der Waals surface area contributed by atoms with Gasteiger partial charge in [0, 0.05) is 19.8 Å². The highest BCUT2D eigenvalue weighted by Crippen LogP contribution is 2.23. The largest absolute Gasteiger partial charge is 0.358 e. The van der Waals surface area contributed by atoms with Crippen LogP contribution in [0.15, 0.2) is 35.3 Å². The molecule has 1 atom stereocenters. The van der Waals surface area contributed by atoms with Crippen LogP contribution in [0.3, 0.4) is 0 Å². The minimum absolute atomic E-state index is 0.146. The van der Waals surface area contributed by atoms with Crippen LogP contribution in [0.1, 0.15) is 32.6 Å². The van der Waals surface area contributed by atoms with Gasteiger partial charge in [0.05, 0.1) is 12.3 Å². The monoisotopic (exact) mass is 430 g/mol. The molecule has 160 valence electrons. The number of para-hydroxylation sites is 1. The van der Waals surface area contributed by atoms with Gasteiger partial charge in [-0.25, -0.2) is 9.37 Å². The Morgan fingerprint density at radius 1 is 1.13 bits per heavy atom. The highest BCUT2D eigenvalue weighted by atomic mass is 32.2. The van der Waals surface area contributed by atoms with Gasteiger partial charge < -0.3 is 5.32 Å². The minimum Gasteiger partial charge on any atom is -0.325 e. The minimum atomic E-state index is -0.612. The van der Waals surface area contributed by atoms with E-state index in [1.54, 1.807) is 7.05 Å². The summed E-state index contributed by atoms with van der Waals surface area (Å²) in [5.74, 6) is 0.176. The van der Waals surface area contributed by atoms with Crippen molar-refractivity contribution in [3.05, 3.63) is 30.3 Å². The SMILES string of the molecule is CCCCCC[N+]1=C(SCC(=O)Nc2ccccc2)N=C2C1C(=O)N(C)C(=O)N2C. The number of urea groups is 1. The third kappa shape index (κ3) is 4.72. The fourth-order valence-electron chi connectivity index (χ4n) is 3.47. The first-order chi connectivity index (χ1) is 14.4. The summed E-state index contributed by atoms with van der Waals surface area (Å²) in [6.07, 6.45) is 4.22. The number of unbranched alkanes of at least 4 members (excludes halogenated alkanes) is 3. The molecule has 1 N–H and O–H groups in total. The molecule has 0 aromatic heterocycles. The predicted molar refractivity (Wildman–Crippen MR) is 119 cm³/mol. The average Bonchev–Trinajstić information content (AvgIpc) is 3.11. The van der Waals surface area contributed by atoms with E-state index in [1.165, 1.54) is 23.7 Å². The van der Waals surface area contributed by atoms with Crippen LogP contribution in [-0.2, 0) is 9.59 Å². The summed E-state index contributed by atoms with van der Waals surface area (Å²) in [4.78, 5) is 44.7. The first kappa shape index (κ1) is 22.0. The molecule has 1 aromatic carbocycles. The topological polar surface area (TPSA) is 85.1 Å². The van der Waals surface area contributed by atoms with E-state index >= 15 is 0 Å². The van der Waals surface area contributed by atoms with Crippen molar-refractivity contribution in [1.29, 1.82) is 0 Å². The van der Waals surface area contributed by atoms with Crippen molar-refractivity contribution in [2.24, 2.45) is 4.99 Å². The molecule has 2 aliphatic heterocycles. The van der Waals surface area contributed by atoms with Crippen LogP contribution in [0, 0.1) is 0 Å². The number of fused-ring (bicyclic) bond motifs is 1. The number of carbonyl (C=O) groups is 3. The summed E-state index contributed by atoms with van der Waals surface area (Å²) in [7, 11) is 3.12. The Hall–Kier alpha value is -2.68. The van der Waals surface area contributed by atoms with Crippen molar-refractivity contribution in [3.63, 3.8) is 0 Å². The van der Waals surface area contributed by atoms with Crippen LogP contribution in [0.4, 0.5) is 10.5 Å². The number of hydrogen-bond donors (Lipinski definition) is 1. The van der Waals surface area contributed by atoms with E-state index in [4.69, 9.17) is 0 Å². The van der Waals surface area contributed by atoms with Gasteiger partial charge in [-0.05, 0) is 41.7 Å². The summed E-state index contributed by atoms with van der Waals surface area (Å²) < 4.78 is 1.94. The standard InChI is InChI=1S/C21H27N5O3S/c1-4-5-6-10-13-26-17-18(24(2)21(29)25(3)19(17)28)23-20(26)30-14-16(27)22-15-11-8-7-9-12-15/h7-9,11-12,17H,4-6,10,13-14H2,1-3H3/p+1. The number of amides is 4. The Bertz CT molecular complexity index is 884. The van der Waals surface area contributed by atoms with E-state index in [1.807, 2.05) is 34.9 Å². The zero-order valence-corrected chi connectivity index (χ0v) is 18.4. The quantitative estimate of drug-likeness (QED) is 0.507. The van der Waals surface area contributed by atoms with Gasteiger partial charge in [-0.15, -0.1) is 0 Å². The average molecular weight is 431 g/mol. The molecule has 2 aliphatic rings. The molecule has 30 heavy (non-hydrogen) atoms. The maximum Gasteiger partial charge on any atom is 0.358 e. The van der Waals surface area contributed by atoms with Crippen molar-refractivity contribution < 1.29 is 19.0 Å². The molecular weight excluding hydrogens is 402 g/mol. The number of nitrogens with one attached hydrogen (secondary N) is 1. The first-order valence-corrected chi connectivity index (χ1v) is 11.2. The van der Waals surface area contributed by atoms with Crippen molar-refractivity contribution in [2.45, 2.75) is 38.6 Å². The lowest BCUT2D eigenvalue weighted by Crippen LogP contribution is -2.61. The van der Waals surface area contributed by atoms with Crippen molar-refractivity contribution >= 4 is 46.3 Å². The Morgan fingerprint density at radius 3 is 2.57 bits per heavy atom. The maximum atomic E-state index is 12.8. The van der Waals surface area contributed by atoms with E-state index in [0.717, 1.165) is 36.3 Å². The lowest BCUT2D eigenvalue weighted by molar-refractivity contribution is -0.533. The smallest absolute Gasteiger partial charge is 0.325 e. The lowest BCUT2D eigenvalue weighted by atomic mass is 10.1. The number of thioether (sulfide) groups is 1. The highest BCUT2D eigenvalue weighted by Gasteiger charge is 2.53. The zero-order valence-electron chi connectivity index (χ0n) is 17.6. The maximum absolute atomic E-state index is 12.8. The van der Waals surface area contributed by atoms with Crippen molar-refractivity contribution in [1.82, 2.24) is 9.80 Å². The number of anilines is 1. The molecule has 9 heteroatoms. The van der Waals surface area contributed by atoms with E-state index in [9.17, 15) is 14.4 Å². The molecule has 1 unspecified atom stereocenters. The number of amidine groups is 2. The molecule has 0 saturated carbocycles. The van der Waals surface area contributed by atoms with Gasteiger partial charge in [-0.3, -0.25) is 19.4 Å². The molecule has 0 spiro atoms. The van der Waals surface area contributed by atoms with Gasteiger partial charge in [0.25, 0.3) is 17.8 Å². The van der Waals surface area contributed by atoms with Gasteiger partial charge in [0.2, 0.25) is 5.91 Å².